The van der Waals surface area contributed by atoms with E-state index in [4.69, 9.17) is 4.74 Å². The van der Waals surface area contributed by atoms with Gasteiger partial charge in [-0.15, -0.1) is 0 Å². The van der Waals surface area contributed by atoms with Crippen molar-refractivity contribution in [1.82, 2.24) is 5.32 Å². The SMILES string of the molecule is CC1COc2c(c(C(=O)O)cc(F)c2N2CCNCC2)N1. The Labute approximate surface area is 121 Å². The Balaban J connectivity index is 2.12. The van der Waals surface area contributed by atoms with Crippen LogP contribution in [0.15, 0.2) is 6.07 Å². The molecule has 0 bridgehead atoms. The number of rotatable bonds is 2. The third-order valence-corrected chi connectivity index (χ3v) is 3.74. The maximum Gasteiger partial charge on any atom is 0.338 e. The smallest absolute Gasteiger partial charge is 0.338 e. The molecule has 21 heavy (non-hydrogen) atoms. The van der Waals surface area contributed by atoms with E-state index in [0.29, 0.717) is 36.8 Å². The molecule has 0 spiro atoms. The first-order valence-corrected chi connectivity index (χ1v) is 7.02. The summed E-state index contributed by atoms with van der Waals surface area (Å²) in [6, 6.07) is 1.06. The largest absolute Gasteiger partial charge is 0.487 e. The molecule has 6 nitrogen and oxygen atoms in total. The van der Waals surface area contributed by atoms with Gasteiger partial charge in [-0.25, -0.2) is 9.18 Å². The Hall–Kier alpha value is -2.02. The second-order valence-corrected chi connectivity index (χ2v) is 5.36. The Morgan fingerprint density at radius 3 is 2.86 bits per heavy atom. The maximum atomic E-state index is 14.4. The van der Waals surface area contributed by atoms with Crippen molar-refractivity contribution in [2.75, 3.05) is 43.0 Å². The molecule has 7 heteroatoms. The second kappa shape index (κ2) is 5.40. The summed E-state index contributed by atoms with van der Waals surface area (Å²) in [5.41, 5.74) is 0.639. The molecule has 114 valence electrons. The molecule has 1 saturated heterocycles. The molecule has 2 heterocycles. The van der Waals surface area contributed by atoms with Gasteiger partial charge in [0.2, 0.25) is 0 Å². The van der Waals surface area contributed by atoms with E-state index >= 15 is 0 Å². The molecule has 1 unspecified atom stereocenters. The zero-order valence-electron chi connectivity index (χ0n) is 11.8. The summed E-state index contributed by atoms with van der Waals surface area (Å²) in [5, 5.41) is 15.6. The van der Waals surface area contributed by atoms with E-state index in [0.717, 1.165) is 19.2 Å². The minimum atomic E-state index is -1.16. The van der Waals surface area contributed by atoms with Crippen LogP contribution >= 0.6 is 0 Å². The lowest BCUT2D eigenvalue weighted by molar-refractivity contribution is 0.0696. The van der Waals surface area contributed by atoms with Crippen LogP contribution in [-0.2, 0) is 0 Å². The van der Waals surface area contributed by atoms with Gasteiger partial charge in [-0.2, -0.15) is 0 Å². The third-order valence-electron chi connectivity index (χ3n) is 3.74. The van der Waals surface area contributed by atoms with Crippen LogP contribution < -0.4 is 20.3 Å². The molecule has 0 radical (unpaired) electrons. The predicted octanol–water partition coefficient (Wildman–Crippen LogP) is 1.13. The first-order chi connectivity index (χ1) is 10.1. The number of carboxylic acid groups (broad SMARTS) is 1. The normalized spacial score (nSPS) is 21.2. The highest BCUT2D eigenvalue weighted by Gasteiger charge is 2.30. The fourth-order valence-corrected chi connectivity index (χ4v) is 2.75. The van der Waals surface area contributed by atoms with Crippen molar-refractivity contribution in [3.8, 4) is 5.75 Å². The summed E-state index contributed by atoms with van der Waals surface area (Å²) >= 11 is 0. The van der Waals surface area contributed by atoms with E-state index in [-0.39, 0.29) is 11.6 Å². The van der Waals surface area contributed by atoms with Gasteiger partial charge in [0.25, 0.3) is 0 Å². The molecule has 2 aliphatic heterocycles. The minimum Gasteiger partial charge on any atom is -0.487 e. The van der Waals surface area contributed by atoms with Gasteiger partial charge in [0, 0.05) is 26.2 Å². The molecule has 0 aliphatic carbocycles. The van der Waals surface area contributed by atoms with E-state index < -0.39 is 11.8 Å². The van der Waals surface area contributed by atoms with Crippen LogP contribution in [0, 0.1) is 5.82 Å². The number of anilines is 2. The molecule has 2 aliphatic rings. The highest BCUT2D eigenvalue weighted by molar-refractivity contribution is 5.98. The number of fused-ring (bicyclic) bond motifs is 1. The number of halogens is 1. The first-order valence-electron chi connectivity index (χ1n) is 7.02. The molecule has 0 aromatic heterocycles. The lowest BCUT2D eigenvalue weighted by Gasteiger charge is -2.34. The van der Waals surface area contributed by atoms with Gasteiger partial charge in [-0.05, 0) is 13.0 Å². The Kier molecular flexibility index (Phi) is 3.59. The van der Waals surface area contributed by atoms with Crippen LogP contribution in [0.2, 0.25) is 0 Å². The molecule has 1 aromatic carbocycles. The summed E-state index contributed by atoms with van der Waals surface area (Å²) in [6.45, 7) is 5.12. The van der Waals surface area contributed by atoms with E-state index in [1.165, 1.54) is 0 Å². The fourth-order valence-electron chi connectivity index (χ4n) is 2.75. The molecule has 3 rings (SSSR count). The zero-order valence-corrected chi connectivity index (χ0v) is 11.8. The van der Waals surface area contributed by atoms with Crippen LogP contribution in [0.5, 0.6) is 5.75 Å². The average Bonchev–Trinajstić information content (AvgIpc) is 2.47. The van der Waals surface area contributed by atoms with Crippen molar-refractivity contribution in [3.05, 3.63) is 17.4 Å². The summed E-state index contributed by atoms with van der Waals surface area (Å²) in [5.74, 6) is -1.40. The van der Waals surface area contributed by atoms with E-state index in [1.54, 1.807) is 0 Å². The van der Waals surface area contributed by atoms with Crippen molar-refractivity contribution in [2.45, 2.75) is 13.0 Å². The Bertz CT molecular complexity index is 573. The van der Waals surface area contributed by atoms with Crippen LogP contribution in [0.4, 0.5) is 15.8 Å². The Morgan fingerprint density at radius 2 is 2.19 bits per heavy atom. The maximum absolute atomic E-state index is 14.4. The lowest BCUT2D eigenvalue weighted by atomic mass is 10.1. The molecular weight excluding hydrogens is 277 g/mol. The number of ether oxygens (including phenoxy) is 1. The molecule has 1 fully saturated rings. The van der Waals surface area contributed by atoms with Gasteiger partial charge in [0.15, 0.2) is 11.6 Å². The number of nitrogens with zero attached hydrogens (tertiary/aromatic N) is 1. The number of carbonyl (C=O) groups is 1. The monoisotopic (exact) mass is 295 g/mol. The minimum absolute atomic E-state index is 0.0167. The third kappa shape index (κ3) is 2.49. The Morgan fingerprint density at radius 1 is 1.48 bits per heavy atom. The number of benzene rings is 1. The first kappa shape index (κ1) is 13.9. The quantitative estimate of drug-likeness (QED) is 0.759. The van der Waals surface area contributed by atoms with Crippen molar-refractivity contribution in [3.63, 3.8) is 0 Å². The van der Waals surface area contributed by atoms with Gasteiger partial charge in [-0.3, -0.25) is 0 Å². The van der Waals surface area contributed by atoms with Gasteiger partial charge < -0.3 is 25.4 Å². The molecule has 1 aromatic rings. The van der Waals surface area contributed by atoms with Gasteiger partial charge in [-0.1, -0.05) is 0 Å². The number of piperazine rings is 1. The summed E-state index contributed by atoms with van der Waals surface area (Å²) in [7, 11) is 0. The van der Waals surface area contributed by atoms with E-state index in [2.05, 4.69) is 10.6 Å². The molecule has 0 amide bonds. The van der Waals surface area contributed by atoms with Crippen LogP contribution in [-0.4, -0.2) is 49.9 Å². The molecule has 3 N–H and O–H groups in total. The molecule has 0 saturated carbocycles. The van der Waals surface area contributed by atoms with Gasteiger partial charge in [0.05, 0.1) is 17.3 Å². The van der Waals surface area contributed by atoms with Crippen LogP contribution in [0.25, 0.3) is 0 Å². The van der Waals surface area contributed by atoms with E-state index in [1.807, 2.05) is 11.8 Å². The van der Waals surface area contributed by atoms with E-state index in [9.17, 15) is 14.3 Å². The lowest BCUT2D eigenvalue weighted by Crippen LogP contribution is -2.44. The highest BCUT2D eigenvalue weighted by Crippen LogP contribution is 2.43. The van der Waals surface area contributed by atoms with Crippen molar-refractivity contribution < 1.29 is 19.0 Å². The number of aromatic carboxylic acids is 1. The summed E-state index contributed by atoms with van der Waals surface area (Å²) in [4.78, 5) is 13.2. The number of carboxylic acids is 1. The topological polar surface area (TPSA) is 73.8 Å². The van der Waals surface area contributed by atoms with Crippen molar-refractivity contribution >= 4 is 17.3 Å². The second-order valence-electron chi connectivity index (χ2n) is 5.36. The van der Waals surface area contributed by atoms with Crippen LogP contribution in [0.1, 0.15) is 17.3 Å². The molecular formula is C14H18FN3O3. The zero-order chi connectivity index (χ0) is 15.0. The highest BCUT2D eigenvalue weighted by atomic mass is 19.1. The number of hydrogen-bond acceptors (Lipinski definition) is 5. The van der Waals surface area contributed by atoms with Crippen molar-refractivity contribution in [1.29, 1.82) is 0 Å². The summed E-state index contributed by atoms with van der Waals surface area (Å²) < 4.78 is 20.1. The van der Waals surface area contributed by atoms with Crippen molar-refractivity contribution in [2.24, 2.45) is 0 Å². The van der Waals surface area contributed by atoms with Crippen LogP contribution in [0.3, 0.4) is 0 Å². The number of hydrogen-bond donors (Lipinski definition) is 3. The van der Waals surface area contributed by atoms with Gasteiger partial charge >= 0.3 is 5.97 Å². The standard InChI is InChI=1S/C14H18FN3O3/c1-8-7-21-13-11(17-8)9(14(19)20)6-10(15)12(13)18-4-2-16-3-5-18/h6,8,16-17H,2-5,7H2,1H3,(H,19,20). The number of nitrogens with one attached hydrogen (secondary N) is 2. The average molecular weight is 295 g/mol. The van der Waals surface area contributed by atoms with Gasteiger partial charge in [0.1, 0.15) is 12.3 Å². The molecule has 1 atom stereocenters. The summed E-state index contributed by atoms with van der Waals surface area (Å²) in [6.07, 6.45) is 0. The predicted molar refractivity (Wildman–Crippen MR) is 77.0 cm³/mol. The fraction of sp³-hybridized carbons (Fsp3) is 0.500.